The van der Waals surface area contributed by atoms with Crippen molar-refractivity contribution in [2.75, 3.05) is 32.8 Å². The quantitative estimate of drug-likeness (QED) is 0.800. The largest absolute Gasteiger partial charge is 0.379 e. The van der Waals surface area contributed by atoms with E-state index in [9.17, 15) is 8.42 Å². The number of rotatable bonds is 7. The SMILES string of the molecule is CCn1cc(S(=O)(=O)N[C@H](CN2CCOCC2)c2ccccc2)cn1. The van der Waals surface area contributed by atoms with Gasteiger partial charge in [-0.1, -0.05) is 30.3 Å². The topological polar surface area (TPSA) is 76.5 Å². The van der Waals surface area contributed by atoms with Crippen molar-refractivity contribution >= 4 is 10.0 Å². The number of sulfonamides is 1. The number of hydrogen-bond acceptors (Lipinski definition) is 5. The summed E-state index contributed by atoms with van der Waals surface area (Å²) in [6.45, 7) is 6.12. The van der Waals surface area contributed by atoms with Crippen molar-refractivity contribution in [1.82, 2.24) is 19.4 Å². The van der Waals surface area contributed by atoms with Crippen LogP contribution in [0, 0.1) is 0 Å². The predicted octanol–water partition coefficient (Wildman–Crippen LogP) is 1.25. The average Bonchev–Trinajstić information content (AvgIpc) is 3.13. The Labute approximate surface area is 148 Å². The van der Waals surface area contributed by atoms with Crippen LogP contribution in [0.5, 0.6) is 0 Å². The molecule has 1 aliphatic heterocycles. The minimum absolute atomic E-state index is 0.192. The Morgan fingerprint density at radius 3 is 2.60 bits per heavy atom. The number of hydrogen-bond donors (Lipinski definition) is 1. The first-order chi connectivity index (χ1) is 12.1. The smallest absolute Gasteiger partial charge is 0.244 e. The van der Waals surface area contributed by atoms with Gasteiger partial charge in [-0.2, -0.15) is 5.10 Å². The lowest BCUT2D eigenvalue weighted by Crippen LogP contribution is -2.43. The third-order valence-electron chi connectivity index (χ3n) is 4.29. The molecule has 0 bridgehead atoms. The third kappa shape index (κ3) is 4.66. The molecule has 1 aliphatic rings. The molecule has 3 rings (SSSR count). The second-order valence-corrected chi connectivity index (χ2v) is 7.74. The van der Waals surface area contributed by atoms with Crippen molar-refractivity contribution in [3.63, 3.8) is 0 Å². The maximum Gasteiger partial charge on any atom is 0.244 e. The van der Waals surface area contributed by atoms with Gasteiger partial charge in [0.15, 0.2) is 0 Å². The first-order valence-corrected chi connectivity index (χ1v) is 9.96. The number of nitrogens with one attached hydrogen (secondary N) is 1. The molecular formula is C17H24N4O3S. The lowest BCUT2D eigenvalue weighted by Gasteiger charge is -2.30. The molecule has 1 N–H and O–H groups in total. The Morgan fingerprint density at radius 1 is 1.24 bits per heavy atom. The van der Waals surface area contributed by atoms with Crippen molar-refractivity contribution in [3.05, 3.63) is 48.3 Å². The van der Waals surface area contributed by atoms with Gasteiger partial charge in [0.25, 0.3) is 0 Å². The van der Waals surface area contributed by atoms with E-state index in [1.54, 1.807) is 10.9 Å². The van der Waals surface area contributed by atoms with Crippen LogP contribution in [0.2, 0.25) is 0 Å². The summed E-state index contributed by atoms with van der Waals surface area (Å²) in [7, 11) is -3.64. The van der Waals surface area contributed by atoms with E-state index in [0.717, 1.165) is 18.7 Å². The Kier molecular flexibility index (Phi) is 5.85. The molecular weight excluding hydrogens is 340 g/mol. The molecule has 1 fully saturated rings. The van der Waals surface area contributed by atoms with E-state index in [2.05, 4.69) is 14.7 Å². The van der Waals surface area contributed by atoms with Crippen LogP contribution in [0.25, 0.3) is 0 Å². The zero-order valence-electron chi connectivity index (χ0n) is 14.3. The fourth-order valence-corrected chi connectivity index (χ4v) is 4.02. The summed E-state index contributed by atoms with van der Waals surface area (Å²) < 4.78 is 35.4. The molecule has 1 aromatic heterocycles. The highest BCUT2D eigenvalue weighted by molar-refractivity contribution is 7.89. The number of ether oxygens (including phenoxy) is 1. The van der Waals surface area contributed by atoms with Crippen LogP contribution in [0.15, 0.2) is 47.6 Å². The normalized spacial score (nSPS) is 17.5. The van der Waals surface area contributed by atoms with Gasteiger partial charge < -0.3 is 4.74 Å². The zero-order chi connectivity index (χ0) is 17.7. The molecule has 8 heteroatoms. The van der Waals surface area contributed by atoms with E-state index in [-0.39, 0.29) is 10.9 Å². The van der Waals surface area contributed by atoms with Crippen LogP contribution in [0.4, 0.5) is 0 Å². The van der Waals surface area contributed by atoms with Gasteiger partial charge in [0.2, 0.25) is 10.0 Å². The van der Waals surface area contributed by atoms with E-state index in [4.69, 9.17) is 4.74 Å². The van der Waals surface area contributed by atoms with Crippen LogP contribution in [-0.4, -0.2) is 55.9 Å². The van der Waals surface area contributed by atoms with E-state index in [0.29, 0.717) is 26.3 Å². The number of aromatic nitrogens is 2. The summed E-state index contributed by atoms with van der Waals surface area (Å²) in [5.74, 6) is 0. The first kappa shape index (κ1) is 18.1. The highest BCUT2D eigenvalue weighted by Gasteiger charge is 2.25. The van der Waals surface area contributed by atoms with Crippen molar-refractivity contribution in [2.24, 2.45) is 0 Å². The molecule has 1 aromatic carbocycles. The lowest BCUT2D eigenvalue weighted by atomic mass is 10.1. The van der Waals surface area contributed by atoms with Gasteiger partial charge in [0.1, 0.15) is 4.90 Å². The second kappa shape index (κ2) is 8.09. The Morgan fingerprint density at radius 2 is 1.96 bits per heavy atom. The van der Waals surface area contributed by atoms with Crippen LogP contribution in [-0.2, 0) is 21.3 Å². The molecule has 0 spiro atoms. The van der Waals surface area contributed by atoms with Gasteiger partial charge in [-0.3, -0.25) is 9.58 Å². The minimum atomic E-state index is -3.64. The maximum absolute atomic E-state index is 12.8. The fraction of sp³-hybridized carbons (Fsp3) is 0.471. The van der Waals surface area contributed by atoms with Crippen LogP contribution in [0.1, 0.15) is 18.5 Å². The van der Waals surface area contributed by atoms with Crippen LogP contribution in [0.3, 0.4) is 0 Å². The first-order valence-electron chi connectivity index (χ1n) is 8.48. The molecule has 1 saturated heterocycles. The highest BCUT2D eigenvalue weighted by atomic mass is 32.2. The Bertz CT molecular complexity index is 770. The van der Waals surface area contributed by atoms with E-state index >= 15 is 0 Å². The highest BCUT2D eigenvalue weighted by Crippen LogP contribution is 2.19. The van der Waals surface area contributed by atoms with Gasteiger partial charge in [0.05, 0.1) is 25.5 Å². The van der Waals surface area contributed by atoms with Crippen molar-refractivity contribution < 1.29 is 13.2 Å². The third-order valence-corrected chi connectivity index (χ3v) is 5.71. The summed E-state index contributed by atoms with van der Waals surface area (Å²) in [5, 5.41) is 4.07. The molecule has 0 amide bonds. The van der Waals surface area contributed by atoms with Gasteiger partial charge in [-0.15, -0.1) is 0 Å². The van der Waals surface area contributed by atoms with Gasteiger partial charge in [0, 0.05) is 32.4 Å². The fourth-order valence-electron chi connectivity index (χ4n) is 2.85. The molecule has 25 heavy (non-hydrogen) atoms. The second-order valence-electron chi connectivity index (χ2n) is 6.03. The van der Waals surface area contributed by atoms with Crippen molar-refractivity contribution in [1.29, 1.82) is 0 Å². The predicted molar refractivity (Wildman–Crippen MR) is 94.7 cm³/mol. The molecule has 0 aliphatic carbocycles. The minimum Gasteiger partial charge on any atom is -0.379 e. The maximum atomic E-state index is 12.8. The number of morpholine rings is 1. The molecule has 136 valence electrons. The molecule has 0 radical (unpaired) electrons. The summed E-state index contributed by atoms with van der Waals surface area (Å²) in [5.41, 5.74) is 0.945. The van der Waals surface area contributed by atoms with E-state index < -0.39 is 10.0 Å². The van der Waals surface area contributed by atoms with E-state index in [1.165, 1.54) is 6.20 Å². The number of benzene rings is 1. The molecule has 2 aromatic rings. The van der Waals surface area contributed by atoms with Gasteiger partial charge in [-0.05, 0) is 12.5 Å². The Balaban J connectivity index is 1.81. The summed E-state index contributed by atoms with van der Waals surface area (Å²) >= 11 is 0. The summed E-state index contributed by atoms with van der Waals surface area (Å²) in [4.78, 5) is 2.41. The van der Waals surface area contributed by atoms with E-state index in [1.807, 2.05) is 37.3 Å². The summed E-state index contributed by atoms with van der Waals surface area (Å²) in [6.07, 6.45) is 2.95. The van der Waals surface area contributed by atoms with Crippen LogP contribution >= 0.6 is 0 Å². The molecule has 7 nitrogen and oxygen atoms in total. The zero-order valence-corrected chi connectivity index (χ0v) is 15.2. The van der Waals surface area contributed by atoms with Gasteiger partial charge in [-0.25, -0.2) is 13.1 Å². The number of nitrogens with zero attached hydrogens (tertiary/aromatic N) is 3. The number of aryl methyl sites for hydroxylation is 1. The standard InChI is InChI=1S/C17H24N4O3S/c1-2-21-13-16(12-18-21)25(22,23)19-17(15-6-4-3-5-7-15)14-20-8-10-24-11-9-20/h3-7,12-13,17,19H,2,8-11,14H2,1H3/t17-/m1/s1. The molecule has 0 saturated carbocycles. The monoisotopic (exact) mass is 364 g/mol. The van der Waals surface area contributed by atoms with Gasteiger partial charge >= 0.3 is 0 Å². The van der Waals surface area contributed by atoms with Crippen LogP contribution < -0.4 is 4.72 Å². The van der Waals surface area contributed by atoms with Crippen molar-refractivity contribution in [3.8, 4) is 0 Å². The molecule has 2 heterocycles. The molecule has 1 atom stereocenters. The molecule has 0 unspecified atom stereocenters. The Hall–Kier alpha value is -1.74. The lowest BCUT2D eigenvalue weighted by molar-refractivity contribution is 0.0345. The van der Waals surface area contributed by atoms with Crippen molar-refractivity contribution in [2.45, 2.75) is 24.4 Å². The summed E-state index contributed by atoms with van der Waals surface area (Å²) in [6, 6.07) is 9.34. The average molecular weight is 364 g/mol.